The van der Waals surface area contributed by atoms with Gasteiger partial charge in [-0.15, -0.1) is 15.3 Å². The average Bonchev–Trinajstić information content (AvgIpc) is 3.46. The Morgan fingerprint density at radius 2 is 1.67 bits per heavy atom. The van der Waals surface area contributed by atoms with Crippen LogP contribution in [-0.4, -0.2) is 51.7 Å². The Hall–Kier alpha value is -3.60. The minimum absolute atomic E-state index is 0.340. The van der Waals surface area contributed by atoms with E-state index < -0.39 is 0 Å². The molecule has 30 heavy (non-hydrogen) atoms. The van der Waals surface area contributed by atoms with Crippen molar-refractivity contribution in [3.8, 4) is 34.4 Å². The third-order valence-electron chi connectivity index (χ3n) is 4.14. The van der Waals surface area contributed by atoms with Gasteiger partial charge in [0.15, 0.2) is 11.5 Å². The van der Waals surface area contributed by atoms with Crippen LogP contribution in [0.4, 0.5) is 0 Å². The monoisotopic (exact) mass is 426 g/mol. The molecular weight excluding hydrogens is 408 g/mol. The summed E-state index contributed by atoms with van der Waals surface area (Å²) in [5, 5.41) is 20.7. The van der Waals surface area contributed by atoms with Gasteiger partial charge in [-0.2, -0.15) is 4.68 Å². The summed E-state index contributed by atoms with van der Waals surface area (Å²) >= 11 is 1.39. The second-order valence-corrected chi connectivity index (χ2v) is 6.85. The van der Waals surface area contributed by atoms with E-state index in [0.717, 1.165) is 5.69 Å². The first-order chi connectivity index (χ1) is 14.7. The number of benzene rings is 2. The second-order valence-electron chi connectivity index (χ2n) is 5.91. The van der Waals surface area contributed by atoms with Crippen LogP contribution < -0.4 is 14.2 Å². The summed E-state index contributed by atoms with van der Waals surface area (Å²) < 4.78 is 23.6. The van der Waals surface area contributed by atoms with Gasteiger partial charge >= 0.3 is 0 Å². The van der Waals surface area contributed by atoms with Crippen LogP contribution in [0.1, 0.15) is 5.89 Å². The molecule has 2 aromatic carbocycles. The third-order valence-corrected chi connectivity index (χ3v) is 5.05. The fourth-order valence-electron chi connectivity index (χ4n) is 2.76. The van der Waals surface area contributed by atoms with E-state index in [-0.39, 0.29) is 0 Å². The lowest BCUT2D eigenvalue weighted by atomic mass is 10.2. The summed E-state index contributed by atoms with van der Waals surface area (Å²) in [4.78, 5) is 0. The summed E-state index contributed by atoms with van der Waals surface area (Å²) in [6.45, 7) is 0. The topological polar surface area (TPSA) is 110 Å². The van der Waals surface area contributed by atoms with Crippen molar-refractivity contribution >= 4 is 11.8 Å². The van der Waals surface area contributed by atoms with Crippen molar-refractivity contribution in [2.45, 2.75) is 10.9 Å². The van der Waals surface area contributed by atoms with Gasteiger partial charge in [-0.3, -0.25) is 0 Å². The lowest BCUT2D eigenvalue weighted by Gasteiger charge is -2.12. The van der Waals surface area contributed by atoms with Crippen molar-refractivity contribution in [2.24, 2.45) is 0 Å². The van der Waals surface area contributed by atoms with Crippen LogP contribution in [0.15, 0.2) is 52.0 Å². The maximum absolute atomic E-state index is 5.81. The van der Waals surface area contributed by atoms with Crippen molar-refractivity contribution in [1.82, 2.24) is 30.4 Å². The molecule has 0 saturated carbocycles. The van der Waals surface area contributed by atoms with E-state index in [2.05, 4.69) is 25.7 Å². The molecule has 2 heterocycles. The van der Waals surface area contributed by atoms with E-state index in [1.165, 1.54) is 11.8 Å². The van der Waals surface area contributed by atoms with E-state index in [9.17, 15) is 0 Å². The van der Waals surface area contributed by atoms with Crippen molar-refractivity contribution in [3.63, 3.8) is 0 Å². The molecule has 0 bridgehead atoms. The van der Waals surface area contributed by atoms with Crippen molar-refractivity contribution in [2.75, 3.05) is 21.3 Å². The summed E-state index contributed by atoms with van der Waals surface area (Å²) in [7, 11) is 4.65. The van der Waals surface area contributed by atoms with Crippen molar-refractivity contribution < 1.29 is 18.6 Å². The number of aromatic nitrogens is 6. The number of thioether (sulfide) groups is 1. The minimum Gasteiger partial charge on any atom is -0.493 e. The zero-order valence-corrected chi connectivity index (χ0v) is 17.3. The summed E-state index contributed by atoms with van der Waals surface area (Å²) in [6, 6.07) is 13.1. The quantitative estimate of drug-likeness (QED) is 0.390. The van der Waals surface area contributed by atoms with Crippen molar-refractivity contribution in [3.05, 3.63) is 48.4 Å². The number of hydrogen-bond donors (Lipinski definition) is 0. The number of nitrogens with zero attached hydrogens (tertiary/aromatic N) is 6. The predicted molar refractivity (Wildman–Crippen MR) is 108 cm³/mol. The molecule has 0 unspecified atom stereocenters. The van der Waals surface area contributed by atoms with E-state index in [1.807, 2.05) is 30.3 Å². The molecule has 10 nitrogen and oxygen atoms in total. The molecule has 0 aliphatic heterocycles. The van der Waals surface area contributed by atoms with Crippen LogP contribution in [0.3, 0.4) is 0 Å². The van der Waals surface area contributed by atoms with Gasteiger partial charge in [0, 0.05) is 5.56 Å². The molecular formula is C19H18N6O4S. The molecule has 0 amide bonds. The lowest BCUT2D eigenvalue weighted by Crippen LogP contribution is -1.98. The molecule has 4 aromatic rings. The highest BCUT2D eigenvalue weighted by atomic mass is 32.2. The maximum Gasteiger partial charge on any atom is 0.248 e. The molecule has 0 aliphatic carbocycles. The summed E-state index contributed by atoms with van der Waals surface area (Å²) in [6.07, 6.45) is 0. The molecule has 11 heteroatoms. The standard InChI is InChI=1S/C19H18N6O4S/c1-26-14-9-12(10-15(27-2)17(14)28-3)18-21-20-16(29-18)11-30-19-22-23-24-25(19)13-7-5-4-6-8-13/h4-10H,11H2,1-3H3. The SMILES string of the molecule is COc1cc(-c2nnc(CSc3nnnn3-c3ccccc3)o2)cc(OC)c1OC. The Morgan fingerprint density at radius 3 is 2.33 bits per heavy atom. The highest BCUT2D eigenvalue weighted by Crippen LogP contribution is 2.41. The average molecular weight is 426 g/mol. The number of tetrazole rings is 1. The van der Waals surface area contributed by atoms with Crippen LogP contribution in [0.2, 0.25) is 0 Å². The first-order valence-corrected chi connectivity index (χ1v) is 9.81. The highest BCUT2D eigenvalue weighted by Gasteiger charge is 2.18. The van der Waals surface area contributed by atoms with E-state index >= 15 is 0 Å². The van der Waals surface area contributed by atoms with Gasteiger partial charge in [-0.1, -0.05) is 30.0 Å². The van der Waals surface area contributed by atoms with Gasteiger partial charge in [0.2, 0.25) is 22.7 Å². The summed E-state index contributed by atoms with van der Waals surface area (Å²) in [5.41, 5.74) is 1.52. The van der Waals surface area contributed by atoms with Crippen LogP contribution in [0.25, 0.3) is 17.1 Å². The maximum atomic E-state index is 5.81. The molecule has 0 fully saturated rings. The molecule has 0 aliphatic rings. The Kier molecular flexibility index (Phi) is 5.80. The second kappa shape index (κ2) is 8.82. The Morgan fingerprint density at radius 1 is 0.933 bits per heavy atom. The number of methoxy groups -OCH3 is 3. The molecule has 0 spiro atoms. The van der Waals surface area contributed by atoms with Gasteiger partial charge < -0.3 is 18.6 Å². The highest BCUT2D eigenvalue weighted by molar-refractivity contribution is 7.98. The molecule has 154 valence electrons. The molecule has 0 saturated heterocycles. The van der Waals surface area contributed by atoms with Gasteiger partial charge in [0.1, 0.15) is 0 Å². The van der Waals surface area contributed by atoms with Crippen molar-refractivity contribution in [1.29, 1.82) is 0 Å². The number of hydrogen-bond acceptors (Lipinski definition) is 10. The Labute approximate surface area is 176 Å². The fraction of sp³-hybridized carbons (Fsp3) is 0.211. The fourth-order valence-corrected chi connectivity index (χ4v) is 3.49. The first kappa shape index (κ1) is 19.7. The third kappa shape index (κ3) is 3.92. The minimum atomic E-state index is 0.340. The largest absolute Gasteiger partial charge is 0.493 e. The van der Waals surface area contributed by atoms with Gasteiger partial charge in [0.25, 0.3) is 0 Å². The molecule has 0 N–H and O–H groups in total. The number of ether oxygens (including phenoxy) is 3. The molecule has 0 atom stereocenters. The Balaban J connectivity index is 1.53. The van der Waals surface area contributed by atoms with Crippen LogP contribution in [0.5, 0.6) is 17.2 Å². The van der Waals surface area contributed by atoms with Gasteiger partial charge in [0.05, 0.1) is 32.8 Å². The van der Waals surface area contributed by atoms with Crippen LogP contribution in [-0.2, 0) is 5.75 Å². The normalized spacial score (nSPS) is 10.8. The zero-order valence-electron chi connectivity index (χ0n) is 16.5. The van der Waals surface area contributed by atoms with Crippen LogP contribution >= 0.6 is 11.8 Å². The first-order valence-electron chi connectivity index (χ1n) is 8.83. The van der Waals surface area contributed by atoms with Gasteiger partial charge in [-0.25, -0.2) is 0 Å². The van der Waals surface area contributed by atoms with Crippen LogP contribution in [0, 0.1) is 0 Å². The van der Waals surface area contributed by atoms with Gasteiger partial charge in [-0.05, 0) is 34.7 Å². The predicted octanol–water partition coefficient (Wildman–Crippen LogP) is 3.03. The van der Waals surface area contributed by atoms with E-state index in [4.69, 9.17) is 18.6 Å². The smallest absolute Gasteiger partial charge is 0.248 e. The molecule has 2 aromatic heterocycles. The van der Waals surface area contributed by atoms with E-state index in [0.29, 0.717) is 45.5 Å². The Bertz CT molecular complexity index is 1110. The number of para-hydroxylation sites is 1. The zero-order chi connectivity index (χ0) is 20.9. The molecule has 4 rings (SSSR count). The summed E-state index contributed by atoms with van der Waals surface area (Å²) in [5.74, 6) is 2.68. The number of rotatable bonds is 8. The molecule has 0 radical (unpaired) electrons. The van der Waals surface area contributed by atoms with E-state index in [1.54, 1.807) is 38.1 Å². The lowest BCUT2D eigenvalue weighted by molar-refractivity contribution is 0.324.